The number of carbonyl (C=O) groups excluding carboxylic acids is 1. The van der Waals surface area contributed by atoms with Crippen LogP contribution in [0.2, 0.25) is 0 Å². The Morgan fingerprint density at radius 2 is 1.77 bits per heavy atom. The smallest absolute Gasteiger partial charge is 0.387 e. The average Bonchev–Trinajstić information content (AvgIpc) is 2.48. The van der Waals surface area contributed by atoms with Crippen molar-refractivity contribution in [1.29, 1.82) is 0 Å². The fourth-order valence-electron chi connectivity index (χ4n) is 2.44. The molecule has 0 aliphatic carbocycles. The second-order valence-corrected chi connectivity index (χ2v) is 5.46. The third kappa shape index (κ3) is 4.16. The summed E-state index contributed by atoms with van der Waals surface area (Å²) in [5.74, 6) is -0.147. The SMILES string of the molecule is CCC(CC)(CN)NC(=O)c1cc(C)c(OC(F)F)c(C)c1. The monoisotopic (exact) mass is 314 g/mol. The van der Waals surface area contributed by atoms with Crippen LogP contribution in [0.15, 0.2) is 12.1 Å². The molecule has 0 saturated carbocycles. The van der Waals surface area contributed by atoms with Gasteiger partial charge in [-0.15, -0.1) is 0 Å². The minimum atomic E-state index is -2.89. The molecule has 0 saturated heterocycles. The third-order valence-corrected chi connectivity index (χ3v) is 4.05. The first-order valence-corrected chi connectivity index (χ1v) is 7.37. The van der Waals surface area contributed by atoms with E-state index >= 15 is 0 Å². The maximum Gasteiger partial charge on any atom is 0.387 e. The summed E-state index contributed by atoms with van der Waals surface area (Å²) in [4.78, 5) is 12.4. The number of hydrogen-bond donors (Lipinski definition) is 2. The molecule has 0 spiro atoms. The van der Waals surface area contributed by atoms with Crippen LogP contribution in [0.4, 0.5) is 8.78 Å². The topological polar surface area (TPSA) is 64.3 Å². The molecule has 0 fully saturated rings. The van der Waals surface area contributed by atoms with Crippen LogP contribution in [0, 0.1) is 13.8 Å². The second-order valence-electron chi connectivity index (χ2n) is 5.46. The highest BCUT2D eigenvalue weighted by molar-refractivity contribution is 5.95. The molecule has 124 valence electrons. The summed E-state index contributed by atoms with van der Waals surface area (Å²) in [7, 11) is 0. The summed E-state index contributed by atoms with van der Waals surface area (Å²) in [6, 6.07) is 3.10. The molecule has 0 aliphatic rings. The van der Waals surface area contributed by atoms with Gasteiger partial charge < -0.3 is 15.8 Å². The maximum atomic E-state index is 12.4. The highest BCUT2D eigenvalue weighted by Gasteiger charge is 2.27. The van der Waals surface area contributed by atoms with Crippen LogP contribution in [0.3, 0.4) is 0 Å². The molecule has 0 heterocycles. The fourth-order valence-corrected chi connectivity index (χ4v) is 2.44. The molecule has 6 heteroatoms. The van der Waals surface area contributed by atoms with E-state index in [4.69, 9.17) is 5.73 Å². The van der Waals surface area contributed by atoms with E-state index in [1.165, 1.54) is 0 Å². The first kappa shape index (κ1) is 18.4. The number of aryl methyl sites for hydroxylation is 2. The summed E-state index contributed by atoms with van der Waals surface area (Å²) in [6.07, 6.45) is 1.44. The Hall–Kier alpha value is -1.69. The lowest BCUT2D eigenvalue weighted by molar-refractivity contribution is -0.0507. The molecule has 22 heavy (non-hydrogen) atoms. The third-order valence-electron chi connectivity index (χ3n) is 4.05. The van der Waals surface area contributed by atoms with Crippen LogP contribution >= 0.6 is 0 Å². The summed E-state index contributed by atoms with van der Waals surface area (Å²) >= 11 is 0. The molecule has 4 nitrogen and oxygen atoms in total. The molecule has 0 radical (unpaired) electrons. The van der Waals surface area contributed by atoms with Crippen LogP contribution in [0.1, 0.15) is 48.2 Å². The Balaban J connectivity index is 3.05. The van der Waals surface area contributed by atoms with E-state index in [1.807, 2.05) is 13.8 Å². The van der Waals surface area contributed by atoms with Crippen LogP contribution in [0.5, 0.6) is 5.75 Å². The number of ether oxygens (including phenoxy) is 1. The van der Waals surface area contributed by atoms with E-state index in [-0.39, 0.29) is 11.7 Å². The zero-order valence-corrected chi connectivity index (χ0v) is 13.5. The lowest BCUT2D eigenvalue weighted by Crippen LogP contribution is -2.52. The molecule has 0 unspecified atom stereocenters. The zero-order valence-electron chi connectivity index (χ0n) is 13.5. The van der Waals surface area contributed by atoms with Gasteiger partial charge in [-0.25, -0.2) is 0 Å². The summed E-state index contributed by atoms with van der Waals surface area (Å²) in [5, 5.41) is 2.96. The highest BCUT2D eigenvalue weighted by Crippen LogP contribution is 2.27. The van der Waals surface area contributed by atoms with E-state index in [2.05, 4.69) is 10.1 Å². The summed E-state index contributed by atoms with van der Waals surface area (Å²) in [6.45, 7) is 4.66. The second kappa shape index (κ2) is 7.54. The Labute approximate surface area is 130 Å². The van der Waals surface area contributed by atoms with Crippen LogP contribution < -0.4 is 15.8 Å². The molecule has 0 aliphatic heterocycles. The van der Waals surface area contributed by atoms with Gasteiger partial charge in [-0.05, 0) is 49.9 Å². The Kier molecular flexibility index (Phi) is 6.29. The molecule has 0 aromatic heterocycles. The van der Waals surface area contributed by atoms with Gasteiger partial charge in [-0.1, -0.05) is 13.8 Å². The normalized spacial score (nSPS) is 11.6. The van der Waals surface area contributed by atoms with Crippen molar-refractivity contribution in [3.63, 3.8) is 0 Å². The van der Waals surface area contributed by atoms with Crippen molar-refractivity contribution >= 4 is 5.91 Å². The minimum Gasteiger partial charge on any atom is -0.434 e. The Morgan fingerprint density at radius 1 is 1.27 bits per heavy atom. The average molecular weight is 314 g/mol. The number of nitrogens with one attached hydrogen (secondary N) is 1. The van der Waals surface area contributed by atoms with E-state index in [0.29, 0.717) is 23.2 Å². The van der Waals surface area contributed by atoms with Crippen molar-refractivity contribution in [2.24, 2.45) is 5.73 Å². The number of halogens is 2. The molecule has 0 bridgehead atoms. The number of alkyl halides is 2. The van der Waals surface area contributed by atoms with Gasteiger partial charge in [0.2, 0.25) is 0 Å². The molecular weight excluding hydrogens is 290 g/mol. The van der Waals surface area contributed by atoms with Crippen molar-refractivity contribution < 1.29 is 18.3 Å². The van der Waals surface area contributed by atoms with Crippen LogP contribution in [-0.2, 0) is 0 Å². The van der Waals surface area contributed by atoms with Crippen LogP contribution in [0.25, 0.3) is 0 Å². The fraction of sp³-hybridized carbons (Fsp3) is 0.562. The van der Waals surface area contributed by atoms with Gasteiger partial charge in [-0.3, -0.25) is 4.79 Å². The number of nitrogens with two attached hydrogens (primary N) is 1. The molecule has 0 atom stereocenters. The zero-order chi connectivity index (χ0) is 16.9. The molecule has 1 aromatic carbocycles. The first-order valence-electron chi connectivity index (χ1n) is 7.37. The summed E-state index contributed by atoms with van der Waals surface area (Å²) < 4.78 is 29.3. The lowest BCUT2D eigenvalue weighted by Gasteiger charge is -2.31. The van der Waals surface area contributed by atoms with Gasteiger partial charge in [0.05, 0.1) is 5.54 Å². The van der Waals surface area contributed by atoms with Gasteiger partial charge >= 0.3 is 6.61 Å². The highest BCUT2D eigenvalue weighted by atomic mass is 19.3. The van der Waals surface area contributed by atoms with Gasteiger partial charge in [0.15, 0.2) is 0 Å². The minimum absolute atomic E-state index is 0.114. The Bertz CT molecular complexity index is 498. The van der Waals surface area contributed by atoms with Gasteiger partial charge in [0.1, 0.15) is 5.75 Å². The number of amides is 1. The van der Waals surface area contributed by atoms with E-state index in [1.54, 1.807) is 26.0 Å². The number of hydrogen-bond acceptors (Lipinski definition) is 3. The molecule has 3 N–H and O–H groups in total. The standard InChI is InChI=1S/C16H24F2N2O2/c1-5-16(6-2,9-19)20-14(21)12-7-10(3)13(11(4)8-12)22-15(17)18/h7-8,15H,5-6,9,19H2,1-4H3,(H,20,21). The Morgan fingerprint density at radius 3 is 2.14 bits per heavy atom. The van der Waals surface area contributed by atoms with Gasteiger partial charge in [0, 0.05) is 12.1 Å². The largest absolute Gasteiger partial charge is 0.434 e. The molecular formula is C16H24F2N2O2. The van der Waals surface area contributed by atoms with Crippen molar-refractivity contribution in [3.05, 3.63) is 28.8 Å². The molecule has 1 aromatic rings. The van der Waals surface area contributed by atoms with Gasteiger partial charge in [-0.2, -0.15) is 8.78 Å². The number of carbonyl (C=O) groups is 1. The van der Waals surface area contributed by atoms with Crippen molar-refractivity contribution in [2.75, 3.05) is 6.54 Å². The lowest BCUT2D eigenvalue weighted by atomic mass is 9.92. The predicted octanol–water partition coefficient (Wildman–Crippen LogP) is 3.15. The van der Waals surface area contributed by atoms with E-state index in [9.17, 15) is 13.6 Å². The maximum absolute atomic E-state index is 12.4. The van der Waals surface area contributed by atoms with Crippen LogP contribution in [-0.4, -0.2) is 24.6 Å². The number of rotatable bonds is 7. The first-order chi connectivity index (χ1) is 10.3. The van der Waals surface area contributed by atoms with Gasteiger partial charge in [0.25, 0.3) is 5.91 Å². The van der Waals surface area contributed by atoms with Crippen molar-refractivity contribution in [3.8, 4) is 5.75 Å². The quantitative estimate of drug-likeness (QED) is 0.812. The number of benzene rings is 1. The van der Waals surface area contributed by atoms with E-state index in [0.717, 1.165) is 12.8 Å². The van der Waals surface area contributed by atoms with E-state index < -0.39 is 12.2 Å². The predicted molar refractivity (Wildman–Crippen MR) is 82.4 cm³/mol. The molecule has 1 rings (SSSR count). The van der Waals surface area contributed by atoms with Crippen molar-refractivity contribution in [1.82, 2.24) is 5.32 Å². The molecule has 1 amide bonds. The van der Waals surface area contributed by atoms with Crippen molar-refractivity contribution in [2.45, 2.75) is 52.7 Å². The summed E-state index contributed by atoms with van der Waals surface area (Å²) in [5.41, 5.74) is 6.74.